The van der Waals surface area contributed by atoms with Gasteiger partial charge in [-0.05, 0) is 19.3 Å². The summed E-state index contributed by atoms with van der Waals surface area (Å²) >= 11 is 0. The number of nitrogens with two attached hydrogens (primary N) is 1. The highest BCUT2D eigenvalue weighted by Crippen LogP contribution is 2.18. The van der Waals surface area contributed by atoms with Crippen LogP contribution in [0.5, 0.6) is 0 Å². The molecule has 1 aliphatic heterocycles. The van der Waals surface area contributed by atoms with E-state index in [1.165, 1.54) is 0 Å². The van der Waals surface area contributed by atoms with Gasteiger partial charge in [0.25, 0.3) is 5.91 Å². The van der Waals surface area contributed by atoms with Gasteiger partial charge >= 0.3 is 0 Å². The van der Waals surface area contributed by atoms with Crippen LogP contribution in [0.3, 0.4) is 0 Å². The van der Waals surface area contributed by atoms with Crippen LogP contribution in [0.1, 0.15) is 42.4 Å². The zero-order chi connectivity index (χ0) is 15.5. The van der Waals surface area contributed by atoms with E-state index in [1.807, 2.05) is 6.92 Å². The molecule has 2 heterocycles. The standard InChI is InChI=1S/C12H20N4O4S/c1-2-4-9-11(21(13,18)19)10(16-15-9)12(17)14-7-8-5-3-6-20-8/h8H,2-7H2,1H3,(H,14,17)(H,15,16)(H2,13,18,19). The minimum Gasteiger partial charge on any atom is -0.376 e. The molecule has 2 rings (SSSR count). The molecule has 1 amide bonds. The minimum atomic E-state index is -4.01. The van der Waals surface area contributed by atoms with E-state index in [0.29, 0.717) is 31.7 Å². The van der Waals surface area contributed by atoms with Gasteiger partial charge in [-0.25, -0.2) is 13.6 Å². The van der Waals surface area contributed by atoms with Crippen LogP contribution in [0.25, 0.3) is 0 Å². The Morgan fingerprint density at radius 1 is 1.57 bits per heavy atom. The van der Waals surface area contributed by atoms with E-state index in [-0.39, 0.29) is 16.7 Å². The second kappa shape index (κ2) is 6.54. The third kappa shape index (κ3) is 3.80. The van der Waals surface area contributed by atoms with Crippen LogP contribution in [0.2, 0.25) is 0 Å². The van der Waals surface area contributed by atoms with E-state index < -0.39 is 15.9 Å². The highest BCUT2D eigenvalue weighted by atomic mass is 32.2. The lowest BCUT2D eigenvalue weighted by Gasteiger charge is -2.10. The van der Waals surface area contributed by atoms with E-state index in [2.05, 4.69) is 15.5 Å². The Labute approximate surface area is 123 Å². The molecule has 1 aromatic rings. The highest BCUT2D eigenvalue weighted by molar-refractivity contribution is 7.89. The Morgan fingerprint density at radius 2 is 2.33 bits per heavy atom. The van der Waals surface area contributed by atoms with E-state index in [9.17, 15) is 13.2 Å². The largest absolute Gasteiger partial charge is 0.376 e. The molecule has 1 unspecified atom stereocenters. The zero-order valence-electron chi connectivity index (χ0n) is 11.9. The van der Waals surface area contributed by atoms with Gasteiger partial charge in [0.1, 0.15) is 4.90 Å². The van der Waals surface area contributed by atoms with E-state index >= 15 is 0 Å². The van der Waals surface area contributed by atoms with Gasteiger partial charge in [-0.15, -0.1) is 0 Å². The van der Waals surface area contributed by atoms with Gasteiger partial charge in [-0.3, -0.25) is 9.89 Å². The molecule has 21 heavy (non-hydrogen) atoms. The summed E-state index contributed by atoms with van der Waals surface area (Å²) in [4.78, 5) is 11.9. The molecule has 9 heteroatoms. The first-order chi connectivity index (χ1) is 9.93. The van der Waals surface area contributed by atoms with Crippen molar-refractivity contribution in [3.8, 4) is 0 Å². The van der Waals surface area contributed by atoms with Crippen molar-refractivity contribution in [1.29, 1.82) is 0 Å². The summed E-state index contributed by atoms with van der Waals surface area (Å²) in [5.74, 6) is -0.562. The quantitative estimate of drug-likeness (QED) is 0.676. The molecule has 1 aromatic heterocycles. The van der Waals surface area contributed by atoms with Crippen molar-refractivity contribution < 1.29 is 17.9 Å². The average Bonchev–Trinajstić information content (AvgIpc) is 3.04. The highest BCUT2D eigenvalue weighted by Gasteiger charge is 2.27. The fourth-order valence-corrected chi connectivity index (χ4v) is 3.24. The first-order valence-electron chi connectivity index (χ1n) is 6.93. The average molecular weight is 316 g/mol. The van der Waals surface area contributed by atoms with Crippen LogP contribution < -0.4 is 10.5 Å². The number of carbonyl (C=O) groups excluding carboxylic acids is 1. The maximum atomic E-state index is 12.1. The molecule has 8 nitrogen and oxygen atoms in total. The Morgan fingerprint density at radius 3 is 2.90 bits per heavy atom. The Hall–Kier alpha value is -1.45. The van der Waals surface area contributed by atoms with Crippen LogP contribution in [-0.2, 0) is 21.2 Å². The first kappa shape index (κ1) is 15.9. The van der Waals surface area contributed by atoms with Gasteiger partial charge in [-0.1, -0.05) is 13.3 Å². The third-order valence-electron chi connectivity index (χ3n) is 3.31. The summed E-state index contributed by atoms with van der Waals surface area (Å²) in [7, 11) is -4.01. The van der Waals surface area contributed by atoms with E-state index in [4.69, 9.17) is 9.88 Å². The molecule has 1 fully saturated rings. The van der Waals surface area contributed by atoms with Crippen molar-refractivity contribution in [1.82, 2.24) is 15.5 Å². The number of sulfonamides is 1. The molecule has 1 saturated heterocycles. The minimum absolute atomic E-state index is 0.0269. The molecular weight excluding hydrogens is 296 g/mol. The lowest BCUT2D eigenvalue weighted by molar-refractivity contribution is 0.0851. The fraction of sp³-hybridized carbons (Fsp3) is 0.667. The molecule has 1 aliphatic rings. The van der Waals surface area contributed by atoms with Gasteiger partial charge in [0.05, 0.1) is 11.8 Å². The Kier molecular flexibility index (Phi) is 4.96. The number of aromatic nitrogens is 2. The Bertz CT molecular complexity index is 605. The van der Waals surface area contributed by atoms with Crippen LogP contribution >= 0.6 is 0 Å². The maximum Gasteiger partial charge on any atom is 0.273 e. The van der Waals surface area contributed by atoms with Crippen molar-refractivity contribution in [2.24, 2.45) is 5.14 Å². The molecule has 0 saturated carbocycles. The van der Waals surface area contributed by atoms with Gasteiger partial charge in [0, 0.05) is 13.2 Å². The number of aromatic amines is 1. The van der Waals surface area contributed by atoms with Crippen molar-refractivity contribution in [2.45, 2.75) is 43.6 Å². The normalized spacial score (nSPS) is 18.9. The number of aryl methyl sites for hydroxylation is 1. The van der Waals surface area contributed by atoms with Crippen LogP contribution in [0.4, 0.5) is 0 Å². The van der Waals surface area contributed by atoms with Crippen LogP contribution in [0.15, 0.2) is 4.90 Å². The SMILES string of the molecule is CCCc1[nH]nc(C(=O)NCC2CCCO2)c1S(N)(=O)=O. The number of rotatable bonds is 6. The van der Waals surface area contributed by atoms with Crippen LogP contribution in [0, 0.1) is 0 Å². The van der Waals surface area contributed by atoms with Gasteiger partial charge < -0.3 is 10.1 Å². The third-order valence-corrected chi connectivity index (χ3v) is 4.31. The summed E-state index contributed by atoms with van der Waals surface area (Å²) in [6, 6.07) is 0. The second-order valence-electron chi connectivity index (χ2n) is 5.02. The predicted molar refractivity (Wildman–Crippen MR) is 75.3 cm³/mol. The predicted octanol–water partition coefficient (Wildman–Crippen LogP) is -0.0816. The number of carbonyl (C=O) groups is 1. The zero-order valence-corrected chi connectivity index (χ0v) is 12.7. The van der Waals surface area contributed by atoms with Crippen molar-refractivity contribution >= 4 is 15.9 Å². The summed E-state index contributed by atoms with van der Waals surface area (Å²) in [5.41, 5.74) is 0.182. The number of hydrogen-bond acceptors (Lipinski definition) is 5. The number of nitrogens with one attached hydrogen (secondary N) is 2. The summed E-state index contributed by atoms with van der Waals surface area (Å²) in [6.45, 7) is 2.91. The Balaban J connectivity index is 2.16. The lowest BCUT2D eigenvalue weighted by atomic mass is 10.2. The molecule has 0 aromatic carbocycles. The number of hydrogen-bond donors (Lipinski definition) is 3. The summed E-state index contributed by atoms with van der Waals surface area (Å²) in [5, 5.41) is 14.2. The summed E-state index contributed by atoms with van der Waals surface area (Å²) < 4.78 is 28.8. The van der Waals surface area contributed by atoms with Crippen molar-refractivity contribution in [2.75, 3.05) is 13.2 Å². The topological polar surface area (TPSA) is 127 Å². The smallest absolute Gasteiger partial charge is 0.273 e. The molecule has 4 N–H and O–H groups in total. The number of amides is 1. The van der Waals surface area contributed by atoms with Crippen LogP contribution in [-0.4, -0.2) is 43.8 Å². The molecule has 1 atom stereocenters. The van der Waals surface area contributed by atoms with Crippen molar-refractivity contribution in [3.63, 3.8) is 0 Å². The first-order valence-corrected chi connectivity index (χ1v) is 8.48. The molecular formula is C12H20N4O4S. The molecule has 0 spiro atoms. The van der Waals surface area contributed by atoms with E-state index in [0.717, 1.165) is 12.8 Å². The monoisotopic (exact) mass is 316 g/mol. The molecule has 118 valence electrons. The van der Waals surface area contributed by atoms with Gasteiger partial charge in [0.2, 0.25) is 10.0 Å². The fourth-order valence-electron chi connectivity index (χ4n) is 2.34. The van der Waals surface area contributed by atoms with Gasteiger partial charge in [-0.2, -0.15) is 5.10 Å². The lowest BCUT2D eigenvalue weighted by Crippen LogP contribution is -2.33. The second-order valence-corrected chi connectivity index (χ2v) is 6.52. The molecule has 0 radical (unpaired) electrons. The van der Waals surface area contributed by atoms with Gasteiger partial charge in [0.15, 0.2) is 5.69 Å². The number of H-pyrrole nitrogens is 1. The van der Waals surface area contributed by atoms with E-state index in [1.54, 1.807) is 0 Å². The number of nitrogens with zero attached hydrogens (tertiary/aromatic N) is 1. The van der Waals surface area contributed by atoms with Crippen molar-refractivity contribution in [3.05, 3.63) is 11.4 Å². The molecule has 0 aliphatic carbocycles. The molecule has 0 bridgehead atoms. The number of primary sulfonamides is 1. The number of ether oxygens (including phenoxy) is 1. The maximum absolute atomic E-state index is 12.1. The summed E-state index contributed by atoms with van der Waals surface area (Å²) in [6.07, 6.45) is 2.98.